The Balaban J connectivity index is 1.71. The smallest absolute Gasteiger partial charge is 0.416 e. The van der Waals surface area contributed by atoms with Crippen molar-refractivity contribution in [2.45, 2.75) is 50.7 Å². The average molecular weight is 422 g/mol. The first-order valence-electron chi connectivity index (χ1n) is 9.68. The van der Waals surface area contributed by atoms with Crippen LogP contribution < -0.4 is 10.1 Å². The number of nitro groups is 1. The molecule has 1 aliphatic rings. The molecule has 0 radical (unpaired) electrons. The molecule has 1 N–H and O–H groups in total. The number of ether oxygens (including phenoxy) is 1. The molecule has 0 unspecified atom stereocenters. The van der Waals surface area contributed by atoms with Crippen LogP contribution in [-0.2, 0) is 6.18 Å². The zero-order chi connectivity index (χ0) is 21.7. The number of benzene rings is 2. The molecule has 0 bridgehead atoms. The molecule has 0 aromatic heterocycles. The van der Waals surface area contributed by atoms with Gasteiger partial charge in [0, 0.05) is 17.7 Å². The normalized spacial score (nSPS) is 15.3. The van der Waals surface area contributed by atoms with E-state index in [-0.39, 0.29) is 23.4 Å². The monoisotopic (exact) mass is 422 g/mol. The maximum absolute atomic E-state index is 12.8. The van der Waals surface area contributed by atoms with Gasteiger partial charge in [-0.3, -0.25) is 14.9 Å². The molecule has 2 aromatic rings. The Hall–Kier alpha value is -3.10. The van der Waals surface area contributed by atoms with E-state index < -0.39 is 22.4 Å². The zero-order valence-corrected chi connectivity index (χ0v) is 16.1. The van der Waals surface area contributed by atoms with Crippen LogP contribution >= 0.6 is 0 Å². The van der Waals surface area contributed by atoms with Gasteiger partial charge in [-0.05, 0) is 49.2 Å². The highest BCUT2D eigenvalue weighted by Crippen LogP contribution is 2.37. The Kier molecular flexibility index (Phi) is 6.59. The van der Waals surface area contributed by atoms with Gasteiger partial charge in [0.2, 0.25) is 5.75 Å². The summed E-state index contributed by atoms with van der Waals surface area (Å²) in [5, 5.41) is 14.2. The average Bonchev–Trinajstić information content (AvgIpc) is 2.96. The Bertz CT molecular complexity index is 905. The quantitative estimate of drug-likeness (QED) is 0.372. The van der Waals surface area contributed by atoms with E-state index in [1.807, 2.05) is 0 Å². The molecule has 3 rings (SSSR count). The van der Waals surface area contributed by atoms with E-state index in [4.69, 9.17) is 4.74 Å². The molecule has 1 saturated carbocycles. The number of hydrogen-bond acceptors (Lipinski definition) is 4. The molecule has 0 heterocycles. The molecule has 1 fully saturated rings. The Morgan fingerprint density at radius 3 is 2.23 bits per heavy atom. The van der Waals surface area contributed by atoms with Crippen molar-refractivity contribution in [1.82, 2.24) is 5.32 Å². The lowest BCUT2D eigenvalue weighted by atomic mass is 10.1. The third-order valence-electron chi connectivity index (χ3n) is 5.02. The summed E-state index contributed by atoms with van der Waals surface area (Å²) in [4.78, 5) is 22.6. The second-order valence-corrected chi connectivity index (χ2v) is 7.23. The minimum absolute atomic E-state index is 0.144. The van der Waals surface area contributed by atoms with Gasteiger partial charge in [0.1, 0.15) is 5.75 Å². The van der Waals surface area contributed by atoms with Crippen LogP contribution in [0.4, 0.5) is 18.9 Å². The van der Waals surface area contributed by atoms with Crippen molar-refractivity contribution < 1.29 is 27.6 Å². The molecule has 0 spiro atoms. The molecular weight excluding hydrogens is 401 g/mol. The predicted octanol–water partition coefficient (Wildman–Crippen LogP) is 5.86. The highest BCUT2D eigenvalue weighted by Gasteiger charge is 2.33. The zero-order valence-electron chi connectivity index (χ0n) is 16.1. The van der Waals surface area contributed by atoms with Gasteiger partial charge in [-0.25, -0.2) is 0 Å². The van der Waals surface area contributed by atoms with Crippen LogP contribution in [0.25, 0.3) is 0 Å². The molecule has 160 valence electrons. The van der Waals surface area contributed by atoms with Gasteiger partial charge in [-0.1, -0.05) is 25.7 Å². The molecule has 1 amide bonds. The van der Waals surface area contributed by atoms with Crippen LogP contribution in [0.1, 0.15) is 54.4 Å². The van der Waals surface area contributed by atoms with Gasteiger partial charge in [-0.15, -0.1) is 0 Å². The number of alkyl halides is 3. The lowest BCUT2D eigenvalue weighted by molar-refractivity contribution is -0.385. The highest BCUT2D eigenvalue weighted by molar-refractivity contribution is 5.94. The topological polar surface area (TPSA) is 81.5 Å². The molecule has 9 heteroatoms. The van der Waals surface area contributed by atoms with Crippen molar-refractivity contribution in [2.75, 3.05) is 0 Å². The largest absolute Gasteiger partial charge is 0.450 e. The summed E-state index contributed by atoms with van der Waals surface area (Å²) in [5.41, 5.74) is -1.51. The molecule has 2 aromatic carbocycles. The number of amides is 1. The summed E-state index contributed by atoms with van der Waals surface area (Å²) < 4.78 is 43.8. The van der Waals surface area contributed by atoms with Crippen LogP contribution in [-0.4, -0.2) is 16.9 Å². The lowest BCUT2D eigenvalue weighted by Crippen LogP contribution is -2.34. The maximum Gasteiger partial charge on any atom is 0.416 e. The van der Waals surface area contributed by atoms with Gasteiger partial charge in [0.25, 0.3) is 5.91 Å². The standard InChI is InChI=1S/C21H21F3N2O4/c22-21(23,24)15-9-12-19(18(13-15)26(28)29)30-17-10-7-14(8-11-17)20(27)25-16-5-3-1-2-4-6-16/h7-13,16H,1-6H2,(H,25,27). The first-order valence-corrected chi connectivity index (χ1v) is 9.68. The van der Waals surface area contributed by atoms with E-state index in [0.29, 0.717) is 11.6 Å². The fraction of sp³-hybridized carbons (Fsp3) is 0.381. The predicted molar refractivity (Wildman–Crippen MR) is 104 cm³/mol. The van der Waals surface area contributed by atoms with Crippen molar-refractivity contribution in [3.05, 3.63) is 63.7 Å². The minimum atomic E-state index is -4.70. The highest BCUT2D eigenvalue weighted by atomic mass is 19.4. The van der Waals surface area contributed by atoms with E-state index in [0.717, 1.165) is 37.8 Å². The molecule has 0 saturated heterocycles. The van der Waals surface area contributed by atoms with Gasteiger partial charge < -0.3 is 10.1 Å². The lowest BCUT2D eigenvalue weighted by Gasteiger charge is -2.16. The fourth-order valence-electron chi connectivity index (χ4n) is 3.42. The third-order valence-corrected chi connectivity index (χ3v) is 5.02. The summed E-state index contributed by atoms with van der Waals surface area (Å²) in [6.45, 7) is 0. The molecule has 0 atom stereocenters. The van der Waals surface area contributed by atoms with Crippen molar-refractivity contribution in [3.8, 4) is 11.5 Å². The summed E-state index contributed by atoms with van der Waals surface area (Å²) >= 11 is 0. The van der Waals surface area contributed by atoms with E-state index in [2.05, 4.69) is 5.32 Å². The molecule has 6 nitrogen and oxygen atoms in total. The number of nitrogens with one attached hydrogen (secondary N) is 1. The van der Waals surface area contributed by atoms with Crippen LogP contribution in [0.2, 0.25) is 0 Å². The molecule has 0 aliphatic heterocycles. The van der Waals surface area contributed by atoms with Crippen molar-refractivity contribution in [3.63, 3.8) is 0 Å². The molecule has 1 aliphatic carbocycles. The van der Waals surface area contributed by atoms with E-state index in [9.17, 15) is 28.1 Å². The first-order chi connectivity index (χ1) is 14.2. The summed E-state index contributed by atoms with van der Waals surface area (Å²) in [7, 11) is 0. The second kappa shape index (κ2) is 9.15. The molecular formula is C21H21F3N2O4. The number of rotatable bonds is 5. The number of hydrogen-bond donors (Lipinski definition) is 1. The first kappa shape index (κ1) is 21.6. The summed E-state index contributed by atoms with van der Waals surface area (Å²) in [5.74, 6) is -0.360. The third kappa shape index (κ3) is 5.49. The van der Waals surface area contributed by atoms with Gasteiger partial charge >= 0.3 is 11.9 Å². The minimum Gasteiger partial charge on any atom is -0.450 e. The fourth-order valence-corrected chi connectivity index (χ4v) is 3.42. The summed E-state index contributed by atoms with van der Waals surface area (Å²) in [6, 6.07) is 8.13. The van der Waals surface area contributed by atoms with Crippen molar-refractivity contribution >= 4 is 11.6 Å². The number of carbonyl (C=O) groups excluding carboxylic acids is 1. The van der Waals surface area contributed by atoms with Gasteiger partial charge in [0.05, 0.1) is 10.5 Å². The number of carbonyl (C=O) groups is 1. The van der Waals surface area contributed by atoms with Crippen LogP contribution in [0.3, 0.4) is 0 Å². The maximum atomic E-state index is 12.8. The molecule has 30 heavy (non-hydrogen) atoms. The Labute approximate surface area is 171 Å². The number of nitrogens with zero attached hydrogens (tertiary/aromatic N) is 1. The van der Waals surface area contributed by atoms with Crippen LogP contribution in [0.5, 0.6) is 11.5 Å². The van der Waals surface area contributed by atoms with E-state index in [1.165, 1.54) is 37.1 Å². The SMILES string of the molecule is O=C(NC1CCCCCC1)c1ccc(Oc2ccc(C(F)(F)F)cc2[N+](=O)[O-])cc1. The summed E-state index contributed by atoms with van der Waals surface area (Å²) in [6.07, 6.45) is 1.72. The van der Waals surface area contributed by atoms with Gasteiger partial charge in [-0.2, -0.15) is 13.2 Å². The number of nitro benzene ring substituents is 1. The Morgan fingerprint density at radius 2 is 1.67 bits per heavy atom. The second-order valence-electron chi connectivity index (χ2n) is 7.23. The Morgan fingerprint density at radius 1 is 1.03 bits per heavy atom. The van der Waals surface area contributed by atoms with Crippen LogP contribution in [0, 0.1) is 10.1 Å². The van der Waals surface area contributed by atoms with Crippen molar-refractivity contribution in [1.29, 1.82) is 0 Å². The van der Waals surface area contributed by atoms with E-state index >= 15 is 0 Å². The van der Waals surface area contributed by atoms with Crippen LogP contribution in [0.15, 0.2) is 42.5 Å². The van der Waals surface area contributed by atoms with Crippen molar-refractivity contribution in [2.24, 2.45) is 0 Å². The number of halogens is 3. The van der Waals surface area contributed by atoms with Gasteiger partial charge in [0.15, 0.2) is 0 Å². The van der Waals surface area contributed by atoms with E-state index in [1.54, 1.807) is 0 Å².